The van der Waals surface area contributed by atoms with Crippen LogP contribution >= 0.6 is 22.9 Å². The maximum atomic E-state index is 13.6. The zero-order chi connectivity index (χ0) is 25.9. The van der Waals surface area contributed by atoms with Crippen LogP contribution in [0.5, 0.6) is 0 Å². The topological polar surface area (TPSA) is 87.7 Å². The van der Waals surface area contributed by atoms with Crippen molar-refractivity contribution in [3.63, 3.8) is 0 Å². The molecule has 0 atom stereocenters. The summed E-state index contributed by atoms with van der Waals surface area (Å²) in [7, 11) is 1.43. The molecular formula is C26H27ClFN5O3S. The molecule has 4 heterocycles. The van der Waals surface area contributed by atoms with Gasteiger partial charge in [0.15, 0.2) is 0 Å². The van der Waals surface area contributed by atoms with E-state index in [-0.39, 0.29) is 22.8 Å². The number of thiophene rings is 1. The Morgan fingerprint density at radius 2 is 2.08 bits per heavy atom. The van der Waals surface area contributed by atoms with Gasteiger partial charge in [0.1, 0.15) is 22.8 Å². The van der Waals surface area contributed by atoms with Crippen molar-refractivity contribution in [1.82, 2.24) is 19.8 Å². The fourth-order valence-corrected chi connectivity index (χ4v) is 6.23. The lowest BCUT2D eigenvalue weighted by molar-refractivity contribution is -0.147. The van der Waals surface area contributed by atoms with E-state index in [1.54, 1.807) is 23.5 Å². The van der Waals surface area contributed by atoms with Crippen LogP contribution in [0.3, 0.4) is 0 Å². The zero-order valence-corrected chi connectivity index (χ0v) is 21.9. The van der Waals surface area contributed by atoms with Crippen molar-refractivity contribution in [3.05, 3.63) is 58.0 Å². The number of nitrogens with one attached hydrogen (secondary N) is 1. The van der Waals surface area contributed by atoms with E-state index in [0.717, 1.165) is 46.6 Å². The summed E-state index contributed by atoms with van der Waals surface area (Å²) in [6.07, 6.45) is 7.31. The number of halogens is 2. The van der Waals surface area contributed by atoms with Crippen molar-refractivity contribution in [2.24, 2.45) is 5.92 Å². The van der Waals surface area contributed by atoms with Gasteiger partial charge in [0.2, 0.25) is 5.91 Å². The molecule has 2 aliphatic heterocycles. The average Bonchev–Trinajstić information content (AvgIpc) is 3.29. The van der Waals surface area contributed by atoms with Gasteiger partial charge in [-0.15, -0.1) is 11.3 Å². The molecule has 1 aromatic carbocycles. The molecule has 1 fully saturated rings. The summed E-state index contributed by atoms with van der Waals surface area (Å²) < 4.78 is 18.4. The van der Waals surface area contributed by atoms with Gasteiger partial charge in [0.05, 0.1) is 30.0 Å². The van der Waals surface area contributed by atoms with Crippen LogP contribution in [0.1, 0.15) is 23.3 Å². The van der Waals surface area contributed by atoms with E-state index >= 15 is 0 Å². The van der Waals surface area contributed by atoms with Crippen molar-refractivity contribution in [1.29, 1.82) is 0 Å². The van der Waals surface area contributed by atoms with Gasteiger partial charge < -0.3 is 15.0 Å². The number of ether oxygens (including phenoxy) is 1. The van der Waals surface area contributed by atoms with Crippen molar-refractivity contribution >= 4 is 56.5 Å². The summed E-state index contributed by atoms with van der Waals surface area (Å²) >= 11 is 7.49. The number of fused-ring (bicyclic) bond motifs is 3. The molecule has 8 nitrogen and oxygen atoms in total. The molecule has 11 heteroatoms. The predicted octanol–water partition coefficient (Wildman–Crippen LogP) is 4.55. The number of carbonyl (C=O) groups is 2. The first-order valence-electron chi connectivity index (χ1n) is 12.2. The maximum Gasteiger partial charge on any atom is 0.308 e. The summed E-state index contributed by atoms with van der Waals surface area (Å²) in [4.78, 5) is 39.5. The van der Waals surface area contributed by atoms with Gasteiger partial charge >= 0.3 is 5.97 Å². The van der Waals surface area contributed by atoms with Crippen LogP contribution in [0.4, 0.5) is 15.9 Å². The van der Waals surface area contributed by atoms with E-state index in [2.05, 4.69) is 20.2 Å². The van der Waals surface area contributed by atoms with Gasteiger partial charge in [0.25, 0.3) is 0 Å². The first kappa shape index (κ1) is 25.6. The van der Waals surface area contributed by atoms with Gasteiger partial charge in [-0.05, 0) is 56.1 Å². The van der Waals surface area contributed by atoms with Crippen LogP contribution in [0.25, 0.3) is 10.2 Å². The second-order valence-corrected chi connectivity index (χ2v) is 10.7. The van der Waals surface area contributed by atoms with Crippen LogP contribution in [0.15, 0.2) is 36.7 Å². The number of nitrogens with zero attached hydrogens (tertiary/aromatic N) is 4. The number of aromatic nitrogens is 2. The number of rotatable bonds is 6. The lowest BCUT2D eigenvalue weighted by Crippen LogP contribution is -2.37. The van der Waals surface area contributed by atoms with Crippen LogP contribution in [0, 0.1) is 11.7 Å². The highest BCUT2D eigenvalue weighted by molar-refractivity contribution is 7.19. The molecule has 5 rings (SSSR count). The molecule has 37 heavy (non-hydrogen) atoms. The highest BCUT2D eigenvalue weighted by Gasteiger charge is 2.27. The highest BCUT2D eigenvalue weighted by atomic mass is 35.5. The molecule has 2 aromatic heterocycles. The fourth-order valence-electron chi connectivity index (χ4n) is 4.85. The predicted molar refractivity (Wildman–Crippen MR) is 142 cm³/mol. The number of carbonyl (C=O) groups excluding carboxylic acids is 2. The first-order chi connectivity index (χ1) is 17.9. The van der Waals surface area contributed by atoms with Crippen molar-refractivity contribution in [2.75, 3.05) is 38.6 Å². The number of methoxy groups -OCH3 is 1. The number of likely N-dealkylation sites (tertiary alicyclic amines) is 1. The third-order valence-electron chi connectivity index (χ3n) is 6.88. The molecule has 2 aliphatic rings. The third kappa shape index (κ3) is 5.61. The first-order valence-corrected chi connectivity index (χ1v) is 13.4. The van der Waals surface area contributed by atoms with E-state index in [9.17, 15) is 14.0 Å². The van der Waals surface area contributed by atoms with E-state index in [4.69, 9.17) is 16.3 Å². The largest absolute Gasteiger partial charge is 0.469 e. The molecule has 0 spiro atoms. The van der Waals surface area contributed by atoms with Crippen LogP contribution in [-0.2, 0) is 27.3 Å². The van der Waals surface area contributed by atoms with Gasteiger partial charge in [0, 0.05) is 29.7 Å². The molecule has 0 aliphatic carbocycles. The Labute approximate surface area is 223 Å². The number of hydrogen-bond donors (Lipinski definition) is 1. The number of esters is 1. The quantitative estimate of drug-likeness (QED) is 0.360. The zero-order valence-electron chi connectivity index (χ0n) is 20.4. The highest BCUT2D eigenvalue weighted by Crippen LogP contribution is 2.38. The molecule has 3 aromatic rings. The third-order valence-corrected chi connectivity index (χ3v) is 8.29. The molecule has 1 amide bonds. The van der Waals surface area contributed by atoms with Crippen molar-refractivity contribution in [2.45, 2.75) is 25.8 Å². The second-order valence-electron chi connectivity index (χ2n) is 9.17. The molecule has 0 unspecified atom stereocenters. The summed E-state index contributed by atoms with van der Waals surface area (Å²) in [5.74, 6) is -0.0110. The Hall–Kier alpha value is -3.08. The smallest absolute Gasteiger partial charge is 0.308 e. The Bertz CT molecular complexity index is 1360. The van der Waals surface area contributed by atoms with Crippen LogP contribution in [0.2, 0.25) is 5.02 Å². The van der Waals surface area contributed by atoms with Crippen LogP contribution in [-0.4, -0.2) is 64.9 Å². The number of anilines is 2. The van der Waals surface area contributed by atoms with E-state index in [1.165, 1.54) is 25.6 Å². The number of amides is 1. The molecule has 1 saturated heterocycles. The van der Waals surface area contributed by atoms with Gasteiger partial charge in [-0.25, -0.2) is 14.4 Å². The summed E-state index contributed by atoms with van der Waals surface area (Å²) in [5, 5.41) is 4.21. The maximum absolute atomic E-state index is 13.6. The minimum atomic E-state index is -0.477. The lowest BCUT2D eigenvalue weighted by atomic mass is 9.97. The van der Waals surface area contributed by atoms with Gasteiger partial charge in [-0.3, -0.25) is 14.5 Å². The number of benzene rings is 1. The average molecular weight is 544 g/mol. The van der Waals surface area contributed by atoms with Crippen molar-refractivity contribution < 1.29 is 18.7 Å². The summed E-state index contributed by atoms with van der Waals surface area (Å²) in [5.41, 5.74) is 1.77. The molecule has 194 valence electrons. The Morgan fingerprint density at radius 3 is 2.84 bits per heavy atom. The molecular weight excluding hydrogens is 517 g/mol. The van der Waals surface area contributed by atoms with Gasteiger partial charge in [-0.1, -0.05) is 17.7 Å². The molecule has 0 bridgehead atoms. The van der Waals surface area contributed by atoms with Crippen molar-refractivity contribution in [3.8, 4) is 0 Å². The Kier molecular flexibility index (Phi) is 7.68. The number of hydrogen-bond acceptors (Lipinski definition) is 8. The Morgan fingerprint density at radius 1 is 1.27 bits per heavy atom. The fraction of sp³-hybridized carbons (Fsp3) is 0.385. The van der Waals surface area contributed by atoms with Crippen LogP contribution < -0.4 is 5.32 Å². The van der Waals surface area contributed by atoms with E-state index < -0.39 is 5.82 Å². The number of piperidine rings is 1. The van der Waals surface area contributed by atoms with Gasteiger partial charge in [-0.2, -0.15) is 0 Å². The standard InChI is InChI=1S/C26H27ClFN5O3S/c1-36-26(35)16-6-10-32(11-7-16)9-2-3-22(34)33-12-8-18-21(14-33)37-25-23(18)24(29-15-30-25)31-17-4-5-20(28)19(27)13-17/h2-5,13,15-16H,6-12,14H2,1H3,(H,29,30,31)/b3-2+. The molecule has 0 radical (unpaired) electrons. The molecule has 0 saturated carbocycles. The van der Waals surface area contributed by atoms with E-state index in [0.29, 0.717) is 37.6 Å². The van der Waals surface area contributed by atoms with E-state index in [1.807, 2.05) is 11.0 Å². The minimum absolute atomic E-state index is 0.0158. The summed E-state index contributed by atoms with van der Waals surface area (Å²) in [6, 6.07) is 4.45. The monoisotopic (exact) mass is 543 g/mol. The minimum Gasteiger partial charge on any atom is -0.469 e. The Balaban J connectivity index is 1.22. The normalized spacial score (nSPS) is 16.8. The summed E-state index contributed by atoms with van der Waals surface area (Å²) in [6.45, 7) is 3.43. The second kappa shape index (κ2) is 11.1. The lowest BCUT2D eigenvalue weighted by Gasteiger charge is -2.29. The SMILES string of the molecule is COC(=O)C1CCN(C/C=C/C(=O)N2CCc3c(sc4ncnc(Nc5ccc(F)c(Cl)c5)c34)C2)CC1. The molecule has 1 N–H and O–H groups in total.